The number of piperidine rings is 1. The Morgan fingerprint density at radius 1 is 1.40 bits per heavy atom. The fourth-order valence-corrected chi connectivity index (χ4v) is 3.34. The minimum atomic E-state index is -0.0641. The highest BCUT2D eigenvalue weighted by molar-refractivity contribution is 6.31. The largest absolute Gasteiger partial charge is 0.440 e. The number of nitrogens with zero attached hydrogens (tertiary/aromatic N) is 1. The van der Waals surface area contributed by atoms with Gasteiger partial charge < -0.3 is 9.73 Å². The highest BCUT2D eigenvalue weighted by Gasteiger charge is 2.36. The smallest absolute Gasteiger partial charge is 0.201 e. The van der Waals surface area contributed by atoms with Crippen LogP contribution in [0, 0.1) is 12.8 Å². The molecule has 1 aliphatic rings. The van der Waals surface area contributed by atoms with Crippen LogP contribution >= 0.6 is 11.6 Å². The minimum Gasteiger partial charge on any atom is -0.440 e. The van der Waals surface area contributed by atoms with Crippen molar-refractivity contribution < 1.29 is 4.42 Å². The Bertz CT molecular complexity index is 627. The molecule has 2 heterocycles. The molecular weight excluding hydrogens is 272 g/mol. The number of aromatic nitrogens is 1. The van der Waals surface area contributed by atoms with Crippen LogP contribution in [-0.2, 0) is 5.41 Å². The highest BCUT2D eigenvalue weighted by Crippen LogP contribution is 2.37. The van der Waals surface area contributed by atoms with Gasteiger partial charge in [0.25, 0.3) is 0 Å². The zero-order valence-corrected chi connectivity index (χ0v) is 13.0. The lowest BCUT2D eigenvalue weighted by molar-refractivity contribution is 0.215. The Morgan fingerprint density at radius 3 is 2.90 bits per heavy atom. The maximum atomic E-state index is 6.10. The Labute approximate surface area is 124 Å². The number of hydrogen-bond donors (Lipinski definition) is 1. The summed E-state index contributed by atoms with van der Waals surface area (Å²) in [6.45, 7) is 8.62. The third-order valence-electron chi connectivity index (χ3n) is 4.51. The molecule has 2 aromatic rings. The highest BCUT2D eigenvalue weighted by atomic mass is 35.5. The van der Waals surface area contributed by atoms with Crippen molar-refractivity contribution >= 4 is 22.7 Å². The first kappa shape index (κ1) is 13.9. The maximum Gasteiger partial charge on any atom is 0.201 e. The summed E-state index contributed by atoms with van der Waals surface area (Å²) in [7, 11) is 0. The maximum absolute atomic E-state index is 6.10. The van der Waals surface area contributed by atoms with Crippen LogP contribution < -0.4 is 5.32 Å². The van der Waals surface area contributed by atoms with Gasteiger partial charge in [-0.1, -0.05) is 25.4 Å². The van der Waals surface area contributed by atoms with Crippen LogP contribution in [0.3, 0.4) is 0 Å². The normalized spacial score (nSPS) is 20.5. The molecule has 0 saturated carbocycles. The van der Waals surface area contributed by atoms with Crippen molar-refractivity contribution in [3.63, 3.8) is 0 Å². The van der Waals surface area contributed by atoms with Crippen molar-refractivity contribution in [1.29, 1.82) is 0 Å². The first-order valence-corrected chi connectivity index (χ1v) is 7.64. The van der Waals surface area contributed by atoms with Crippen molar-refractivity contribution in [1.82, 2.24) is 10.3 Å². The van der Waals surface area contributed by atoms with Gasteiger partial charge in [-0.05, 0) is 56.5 Å². The molecule has 20 heavy (non-hydrogen) atoms. The van der Waals surface area contributed by atoms with E-state index >= 15 is 0 Å². The zero-order chi connectivity index (χ0) is 14.3. The predicted octanol–water partition coefficient (Wildman–Crippen LogP) is 4.07. The third kappa shape index (κ3) is 2.33. The molecule has 1 aromatic heterocycles. The first-order chi connectivity index (χ1) is 9.48. The van der Waals surface area contributed by atoms with Gasteiger partial charge in [0.1, 0.15) is 5.52 Å². The SMILES string of the molecule is Cc1cc(Cl)cc2nc(C(C)(C)C3CCCNC3)oc12. The quantitative estimate of drug-likeness (QED) is 0.907. The lowest BCUT2D eigenvalue weighted by Crippen LogP contribution is -2.40. The molecule has 3 rings (SSSR count). The van der Waals surface area contributed by atoms with Gasteiger partial charge in [-0.15, -0.1) is 0 Å². The lowest BCUT2D eigenvalue weighted by atomic mass is 9.75. The molecule has 1 atom stereocenters. The number of hydrogen-bond acceptors (Lipinski definition) is 3. The van der Waals surface area contributed by atoms with Crippen molar-refractivity contribution in [3.05, 3.63) is 28.6 Å². The van der Waals surface area contributed by atoms with Gasteiger partial charge in [-0.3, -0.25) is 0 Å². The van der Waals surface area contributed by atoms with Crippen molar-refractivity contribution in [2.24, 2.45) is 5.92 Å². The van der Waals surface area contributed by atoms with Gasteiger partial charge in [0.2, 0.25) is 5.89 Å². The molecule has 0 amide bonds. The standard InChI is InChI=1S/C16H21ClN2O/c1-10-7-12(17)8-13-14(10)20-15(19-13)16(2,3)11-5-4-6-18-9-11/h7-8,11,18H,4-6,9H2,1-3H3. The Kier molecular flexibility index (Phi) is 3.51. The topological polar surface area (TPSA) is 38.1 Å². The van der Waals surface area contributed by atoms with Gasteiger partial charge >= 0.3 is 0 Å². The van der Waals surface area contributed by atoms with Crippen molar-refractivity contribution in [2.45, 2.75) is 39.0 Å². The molecule has 1 fully saturated rings. The molecular formula is C16H21ClN2O. The van der Waals surface area contributed by atoms with Crippen LogP contribution in [0.2, 0.25) is 5.02 Å². The number of nitrogens with one attached hydrogen (secondary N) is 1. The van der Waals surface area contributed by atoms with Gasteiger partial charge in [0.15, 0.2) is 5.58 Å². The molecule has 0 bridgehead atoms. The minimum absolute atomic E-state index is 0.0641. The number of aryl methyl sites for hydroxylation is 1. The Hall–Kier alpha value is -1.06. The van der Waals surface area contributed by atoms with E-state index in [0.717, 1.165) is 35.6 Å². The number of rotatable bonds is 2. The number of benzene rings is 1. The second-order valence-electron chi connectivity index (χ2n) is 6.35. The van der Waals surface area contributed by atoms with Gasteiger partial charge in [0, 0.05) is 10.4 Å². The van der Waals surface area contributed by atoms with Crippen LogP contribution in [-0.4, -0.2) is 18.1 Å². The summed E-state index contributed by atoms with van der Waals surface area (Å²) in [5, 5.41) is 4.19. The van der Waals surface area contributed by atoms with E-state index in [1.807, 2.05) is 19.1 Å². The summed E-state index contributed by atoms with van der Waals surface area (Å²) in [6, 6.07) is 3.81. The van der Waals surface area contributed by atoms with E-state index < -0.39 is 0 Å². The van der Waals surface area contributed by atoms with E-state index in [-0.39, 0.29) is 5.41 Å². The van der Waals surface area contributed by atoms with Gasteiger partial charge in [-0.25, -0.2) is 4.98 Å². The average molecular weight is 293 g/mol. The first-order valence-electron chi connectivity index (χ1n) is 7.26. The van der Waals surface area contributed by atoms with Crippen molar-refractivity contribution in [3.8, 4) is 0 Å². The van der Waals surface area contributed by atoms with Gasteiger partial charge in [0.05, 0.1) is 0 Å². The molecule has 0 radical (unpaired) electrons. The van der Waals surface area contributed by atoms with E-state index in [9.17, 15) is 0 Å². The Morgan fingerprint density at radius 2 is 2.20 bits per heavy atom. The molecule has 108 valence electrons. The molecule has 3 nitrogen and oxygen atoms in total. The van der Waals surface area contributed by atoms with E-state index in [0.29, 0.717) is 10.9 Å². The van der Waals surface area contributed by atoms with Crippen LogP contribution in [0.25, 0.3) is 11.1 Å². The molecule has 1 N–H and O–H groups in total. The number of fused-ring (bicyclic) bond motifs is 1. The van der Waals surface area contributed by atoms with Crippen LogP contribution in [0.1, 0.15) is 38.1 Å². The van der Waals surface area contributed by atoms with E-state index in [1.54, 1.807) is 0 Å². The molecule has 1 saturated heterocycles. The van der Waals surface area contributed by atoms with Crippen LogP contribution in [0.15, 0.2) is 16.5 Å². The second kappa shape index (κ2) is 5.05. The molecule has 1 aliphatic heterocycles. The molecule has 0 spiro atoms. The summed E-state index contributed by atoms with van der Waals surface area (Å²) < 4.78 is 6.07. The van der Waals surface area contributed by atoms with Crippen LogP contribution in [0.5, 0.6) is 0 Å². The van der Waals surface area contributed by atoms with Gasteiger partial charge in [-0.2, -0.15) is 0 Å². The summed E-state index contributed by atoms with van der Waals surface area (Å²) in [5.41, 5.74) is 2.71. The molecule has 1 aromatic carbocycles. The number of halogens is 1. The van der Waals surface area contributed by atoms with E-state index in [4.69, 9.17) is 21.0 Å². The van der Waals surface area contributed by atoms with E-state index in [1.165, 1.54) is 12.8 Å². The number of oxazole rings is 1. The fraction of sp³-hybridized carbons (Fsp3) is 0.562. The fourth-order valence-electron chi connectivity index (χ4n) is 3.07. The zero-order valence-electron chi connectivity index (χ0n) is 12.3. The summed E-state index contributed by atoms with van der Waals surface area (Å²) in [6.07, 6.45) is 2.44. The predicted molar refractivity (Wildman–Crippen MR) is 82.4 cm³/mol. The summed E-state index contributed by atoms with van der Waals surface area (Å²) >= 11 is 6.10. The van der Waals surface area contributed by atoms with Crippen molar-refractivity contribution in [2.75, 3.05) is 13.1 Å². The summed E-state index contributed by atoms with van der Waals surface area (Å²) in [5.74, 6) is 1.38. The van der Waals surface area contributed by atoms with E-state index in [2.05, 4.69) is 19.2 Å². The molecule has 4 heteroatoms. The summed E-state index contributed by atoms with van der Waals surface area (Å²) in [4.78, 5) is 4.70. The molecule has 1 unspecified atom stereocenters. The second-order valence-corrected chi connectivity index (χ2v) is 6.79. The third-order valence-corrected chi connectivity index (χ3v) is 4.73. The van der Waals surface area contributed by atoms with Crippen LogP contribution in [0.4, 0.5) is 0 Å². The average Bonchev–Trinajstić information content (AvgIpc) is 2.84. The molecule has 0 aliphatic carbocycles. The Balaban J connectivity index is 2.02. The monoisotopic (exact) mass is 292 g/mol. The lowest BCUT2D eigenvalue weighted by Gasteiger charge is -2.34.